The van der Waals surface area contributed by atoms with Gasteiger partial charge in [0.1, 0.15) is 0 Å². The van der Waals surface area contributed by atoms with E-state index in [0.29, 0.717) is 38.3 Å². The molecule has 0 bridgehead atoms. The molecule has 21 heavy (non-hydrogen) atoms. The lowest BCUT2D eigenvalue weighted by Gasteiger charge is -2.46. The van der Waals surface area contributed by atoms with E-state index in [9.17, 15) is 9.90 Å². The number of nitrogens with zero attached hydrogens (tertiary/aromatic N) is 2. The van der Waals surface area contributed by atoms with Gasteiger partial charge in [0.2, 0.25) is 5.76 Å². The van der Waals surface area contributed by atoms with E-state index in [1.54, 1.807) is 11.0 Å². The molecule has 6 heteroatoms. The van der Waals surface area contributed by atoms with Crippen LogP contribution in [0.4, 0.5) is 0 Å². The maximum absolute atomic E-state index is 12.4. The molecule has 2 aliphatic rings. The summed E-state index contributed by atoms with van der Waals surface area (Å²) >= 11 is 0. The predicted molar refractivity (Wildman–Crippen MR) is 74.9 cm³/mol. The van der Waals surface area contributed by atoms with Crippen LogP contribution in [-0.2, 0) is 11.2 Å². The molecule has 2 aliphatic heterocycles. The Hall–Kier alpha value is -1.40. The summed E-state index contributed by atoms with van der Waals surface area (Å²) in [5, 5.41) is 14.1. The minimum Gasteiger partial charge on any atom is -0.390 e. The Labute approximate surface area is 124 Å². The number of likely N-dealkylation sites (tertiary alicyclic amines) is 1. The van der Waals surface area contributed by atoms with Gasteiger partial charge < -0.3 is 19.3 Å². The molecular weight excluding hydrogens is 272 g/mol. The summed E-state index contributed by atoms with van der Waals surface area (Å²) in [5.74, 6) is 0.176. The van der Waals surface area contributed by atoms with E-state index in [0.717, 1.165) is 25.0 Å². The number of amides is 1. The van der Waals surface area contributed by atoms with Crippen LogP contribution in [0.2, 0.25) is 0 Å². The Bertz CT molecular complexity index is 506. The minimum absolute atomic E-state index is 0.123. The monoisotopic (exact) mass is 294 g/mol. The maximum atomic E-state index is 12.4. The van der Waals surface area contributed by atoms with E-state index < -0.39 is 11.7 Å². The number of hydrogen-bond acceptors (Lipinski definition) is 5. The molecule has 0 unspecified atom stereocenters. The average molecular weight is 294 g/mol. The lowest BCUT2D eigenvalue weighted by molar-refractivity contribution is -0.174. The number of aliphatic hydroxyl groups excluding tert-OH is 1. The summed E-state index contributed by atoms with van der Waals surface area (Å²) in [6.07, 6.45) is 3.38. The smallest absolute Gasteiger partial charge is 0.292 e. The number of carbonyl (C=O) groups excluding carboxylic acids is 1. The van der Waals surface area contributed by atoms with Crippen LogP contribution < -0.4 is 0 Å². The van der Waals surface area contributed by atoms with Crippen molar-refractivity contribution < 1.29 is 19.2 Å². The van der Waals surface area contributed by atoms with Crippen LogP contribution >= 0.6 is 0 Å². The molecule has 0 aliphatic carbocycles. The van der Waals surface area contributed by atoms with E-state index in [1.165, 1.54) is 0 Å². The zero-order valence-corrected chi connectivity index (χ0v) is 12.4. The Balaban J connectivity index is 1.63. The number of aromatic nitrogens is 1. The molecule has 1 amide bonds. The van der Waals surface area contributed by atoms with Crippen molar-refractivity contribution in [1.82, 2.24) is 10.1 Å². The van der Waals surface area contributed by atoms with Gasteiger partial charge in [-0.2, -0.15) is 0 Å². The Morgan fingerprint density at radius 1 is 1.52 bits per heavy atom. The molecule has 6 nitrogen and oxygen atoms in total. The first kappa shape index (κ1) is 14.5. The largest absolute Gasteiger partial charge is 0.390 e. The van der Waals surface area contributed by atoms with Crippen molar-refractivity contribution in [3.8, 4) is 0 Å². The summed E-state index contributed by atoms with van der Waals surface area (Å²) in [5.41, 5.74) is 0.336. The van der Waals surface area contributed by atoms with Crippen LogP contribution in [-0.4, -0.2) is 52.5 Å². The second-order valence-electron chi connectivity index (χ2n) is 5.90. The zero-order chi connectivity index (χ0) is 14.9. The molecule has 0 saturated carbocycles. The Morgan fingerprint density at radius 3 is 2.90 bits per heavy atom. The van der Waals surface area contributed by atoms with Crippen molar-refractivity contribution in [2.24, 2.45) is 0 Å². The fourth-order valence-corrected chi connectivity index (χ4v) is 3.21. The highest BCUT2D eigenvalue weighted by molar-refractivity contribution is 5.91. The van der Waals surface area contributed by atoms with Crippen molar-refractivity contribution in [2.45, 2.75) is 50.7 Å². The number of ether oxygens (including phenoxy) is 1. The number of aliphatic hydroxyl groups is 1. The lowest BCUT2D eigenvalue weighted by atomic mass is 9.82. The van der Waals surface area contributed by atoms with Gasteiger partial charge in [0, 0.05) is 25.8 Å². The normalized spacial score (nSPS) is 25.2. The average Bonchev–Trinajstić information content (AvgIpc) is 2.99. The maximum Gasteiger partial charge on any atom is 0.292 e. The zero-order valence-electron chi connectivity index (χ0n) is 12.4. The molecule has 1 spiro atoms. The van der Waals surface area contributed by atoms with Crippen LogP contribution in [0.5, 0.6) is 0 Å². The van der Waals surface area contributed by atoms with Crippen molar-refractivity contribution >= 4 is 5.91 Å². The third-order valence-electron chi connectivity index (χ3n) is 4.65. The minimum atomic E-state index is -0.453. The SMILES string of the molecule is CCc1cc(C(=O)N2CCC3(CC2)OCCC[C@H]3O)on1. The van der Waals surface area contributed by atoms with E-state index in [2.05, 4.69) is 5.16 Å². The molecule has 116 valence electrons. The molecule has 1 N–H and O–H groups in total. The first-order valence-corrected chi connectivity index (χ1v) is 7.71. The van der Waals surface area contributed by atoms with E-state index in [1.807, 2.05) is 6.92 Å². The Morgan fingerprint density at radius 2 is 2.29 bits per heavy atom. The van der Waals surface area contributed by atoms with Gasteiger partial charge in [-0.3, -0.25) is 4.79 Å². The van der Waals surface area contributed by atoms with E-state index >= 15 is 0 Å². The predicted octanol–water partition coefficient (Wildman–Crippen LogP) is 1.38. The Kier molecular flexibility index (Phi) is 3.99. The van der Waals surface area contributed by atoms with E-state index in [-0.39, 0.29) is 5.91 Å². The summed E-state index contributed by atoms with van der Waals surface area (Å²) < 4.78 is 11.0. The molecule has 0 aromatic carbocycles. The second-order valence-corrected chi connectivity index (χ2v) is 5.90. The molecule has 2 fully saturated rings. The summed E-state index contributed by atoms with van der Waals surface area (Å²) in [4.78, 5) is 14.1. The number of carbonyl (C=O) groups is 1. The van der Waals surface area contributed by atoms with Gasteiger partial charge in [0.15, 0.2) is 0 Å². The van der Waals surface area contributed by atoms with Gasteiger partial charge in [0.25, 0.3) is 5.91 Å². The molecule has 3 heterocycles. The molecule has 1 aromatic rings. The van der Waals surface area contributed by atoms with Crippen molar-refractivity contribution in [3.63, 3.8) is 0 Å². The van der Waals surface area contributed by atoms with Crippen molar-refractivity contribution in [3.05, 3.63) is 17.5 Å². The fourth-order valence-electron chi connectivity index (χ4n) is 3.21. The summed E-state index contributed by atoms with van der Waals surface area (Å²) in [6, 6.07) is 1.71. The molecular formula is C15H22N2O4. The molecule has 2 saturated heterocycles. The van der Waals surface area contributed by atoms with Crippen LogP contribution in [0.1, 0.15) is 48.9 Å². The first-order valence-electron chi connectivity index (χ1n) is 7.71. The van der Waals surface area contributed by atoms with E-state index in [4.69, 9.17) is 9.26 Å². The van der Waals surface area contributed by atoms with Crippen LogP contribution in [0.3, 0.4) is 0 Å². The van der Waals surface area contributed by atoms with Gasteiger partial charge in [-0.15, -0.1) is 0 Å². The molecule has 3 rings (SSSR count). The third-order valence-corrected chi connectivity index (χ3v) is 4.65. The molecule has 0 radical (unpaired) electrons. The quantitative estimate of drug-likeness (QED) is 0.892. The lowest BCUT2D eigenvalue weighted by Crippen LogP contribution is -2.56. The first-order chi connectivity index (χ1) is 10.1. The highest BCUT2D eigenvalue weighted by atomic mass is 16.5. The van der Waals surface area contributed by atoms with Crippen molar-refractivity contribution in [1.29, 1.82) is 0 Å². The number of piperidine rings is 1. The van der Waals surface area contributed by atoms with Gasteiger partial charge in [-0.25, -0.2) is 0 Å². The topological polar surface area (TPSA) is 75.8 Å². The van der Waals surface area contributed by atoms with Gasteiger partial charge in [-0.05, 0) is 32.1 Å². The fraction of sp³-hybridized carbons (Fsp3) is 0.733. The van der Waals surface area contributed by atoms with Crippen LogP contribution in [0, 0.1) is 0 Å². The number of hydrogen-bond donors (Lipinski definition) is 1. The highest BCUT2D eigenvalue weighted by Gasteiger charge is 2.44. The summed E-state index contributed by atoms with van der Waals surface area (Å²) in [6.45, 7) is 3.83. The second kappa shape index (κ2) is 5.77. The third kappa shape index (κ3) is 2.70. The van der Waals surface area contributed by atoms with Crippen molar-refractivity contribution in [2.75, 3.05) is 19.7 Å². The van der Waals surface area contributed by atoms with Gasteiger partial charge >= 0.3 is 0 Å². The number of rotatable bonds is 2. The number of aryl methyl sites for hydroxylation is 1. The van der Waals surface area contributed by atoms with Crippen LogP contribution in [0.15, 0.2) is 10.6 Å². The summed E-state index contributed by atoms with van der Waals surface area (Å²) in [7, 11) is 0. The standard InChI is InChI=1S/C15H22N2O4/c1-2-11-10-12(21-16-11)14(19)17-7-5-15(6-8-17)13(18)4-3-9-20-15/h10,13,18H,2-9H2,1H3/t13-/m1/s1. The van der Waals surface area contributed by atoms with Gasteiger partial charge in [-0.1, -0.05) is 12.1 Å². The molecule has 1 aromatic heterocycles. The van der Waals surface area contributed by atoms with Crippen LogP contribution in [0.25, 0.3) is 0 Å². The highest BCUT2D eigenvalue weighted by Crippen LogP contribution is 2.35. The van der Waals surface area contributed by atoms with Gasteiger partial charge in [0.05, 0.1) is 17.4 Å². The molecule has 1 atom stereocenters.